The Morgan fingerprint density at radius 2 is 1.59 bits per heavy atom. The van der Waals surface area contributed by atoms with E-state index in [-0.39, 0.29) is 16.5 Å². The van der Waals surface area contributed by atoms with Gasteiger partial charge in [-0.1, -0.05) is 0 Å². The van der Waals surface area contributed by atoms with Crippen molar-refractivity contribution in [1.82, 2.24) is 4.31 Å². The summed E-state index contributed by atoms with van der Waals surface area (Å²) in [7, 11) is -2.35. The number of amides is 1. The van der Waals surface area contributed by atoms with Gasteiger partial charge < -0.3 is 15.4 Å². The van der Waals surface area contributed by atoms with Gasteiger partial charge in [0.15, 0.2) is 0 Å². The Bertz CT molecular complexity index is 1000. The maximum Gasteiger partial charge on any atom is 0.337 e. The third-order valence-electron chi connectivity index (χ3n) is 4.97. The lowest BCUT2D eigenvalue weighted by atomic mass is 10.1. The Kier molecular flexibility index (Phi) is 5.90. The first-order chi connectivity index (χ1) is 13.7. The molecule has 0 saturated carbocycles. The van der Waals surface area contributed by atoms with Crippen LogP contribution in [0.15, 0.2) is 53.4 Å². The molecule has 1 unspecified atom stereocenters. The second-order valence-corrected chi connectivity index (χ2v) is 8.73. The molecule has 1 fully saturated rings. The zero-order valence-corrected chi connectivity index (χ0v) is 17.1. The Hall–Kier alpha value is -2.91. The van der Waals surface area contributed by atoms with Gasteiger partial charge in [0.1, 0.15) is 0 Å². The largest absolute Gasteiger partial charge is 0.465 e. The van der Waals surface area contributed by atoms with E-state index in [1.807, 2.05) is 19.1 Å². The first kappa shape index (κ1) is 20.8. The first-order valence-corrected chi connectivity index (χ1v) is 10.5. The Morgan fingerprint density at radius 1 is 1.00 bits per heavy atom. The molecule has 9 heteroatoms. The lowest BCUT2D eigenvalue weighted by molar-refractivity contribution is 0.0600. The number of nitrogens with zero attached hydrogens (tertiary/aromatic N) is 2. The number of piperazine rings is 1. The monoisotopic (exact) mass is 417 g/mol. The highest BCUT2D eigenvalue weighted by molar-refractivity contribution is 7.89. The van der Waals surface area contributed by atoms with Crippen LogP contribution in [0.5, 0.6) is 0 Å². The van der Waals surface area contributed by atoms with Gasteiger partial charge in [0.2, 0.25) is 15.9 Å². The molecular weight excluding hydrogens is 394 g/mol. The summed E-state index contributed by atoms with van der Waals surface area (Å²) in [5.41, 5.74) is 6.85. The van der Waals surface area contributed by atoms with Crippen molar-refractivity contribution in [2.75, 3.05) is 31.6 Å². The second-order valence-electron chi connectivity index (χ2n) is 6.84. The van der Waals surface area contributed by atoms with E-state index >= 15 is 0 Å². The van der Waals surface area contributed by atoms with Crippen LogP contribution in [0, 0.1) is 0 Å². The third-order valence-corrected chi connectivity index (χ3v) is 6.99. The Balaban J connectivity index is 1.73. The number of primary amides is 1. The average Bonchev–Trinajstić information content (AvgIpc) is 2.73. The first-order valence-electron chi connectivity index (χ1n) is 9.09. The SMILES string of the molecule is COC(=O)c1ccc(N2CCN(S(=O)(=O)c3ccc(C(N)=O)cc3)C(C)C2)cc1. The molecule has 3 rings (SSSR count). The molecule has 8 nitrogen and oxygen atoms in total. The van der Waals surface area contributed by atoms with E-state index in [4.69, 9.17) is 10.5 Å². The molecule has 2 N–H and O–H groups in total. The Labute approximate surface area is 169 Å². The zero-order chi connectivity index (χ0) is 21.2. The standard InChI is InChI=1S/C20H23N3O5S/c1-14-13-22(17-7-3-16(4-8-17)20(25)28-2)11-12-23(14)29(26,27)18-9-5-15(6-10-18)19(21)24/h3-10,14H,11-13H2,1-2H3,(H2,21,24). The minimum atomic E-state index is -3.69. The molecular formula is C20H23N3O5S. The number of benzene rings is 2. The molecule has 0 aliphatic carbocycles. The van der Waals surface area contributed by atoms with E-state index in [9.17, 15) is 18.0 Å². The van der Waals surface area contributed by atoms with Crippen molar-refractivity contribution >= 4 is 27.6 Å². The van der Waals surface area contributed by atoms with Gasteiger partial charge in [0, 0.05) is 36.9 Å². The lowest BCUT2D eigenvalue weighted by Gasteiger charge is -2.40. The molecule has 1 aliphatic heterocycles. The van der Waals surface area contributed by atoms with E-state index in [2.05, 4.69) is 4.90 Å². The molecule has 0 bridgehead atoms. The molecule has 1 saturated heterocycles. The van der Waals surface area contributed by atoms with Gasteiger partial charge >= 0.3 is 5.97 Å². The summed E-state index contributed by atoms with van der Waals surface area (Å²) in [6.07, 6.45) is 0. The van der Waals surface area contributed by atoms with Crippen LogP contribution >= 0.6 is 0 Å². The van der Waals surface area contributed by atoms with Crippen LogP contribution in [-0.4, -0.2) is 57.4 Å². The molecule has 29 heavy (non-hydrogen) atoms. The van der Waals surface area contributed by atoms with E-state index in [1.54, 1.807) is 12.1 Å². The number of anilines is 1. The van der Waals surface area contributed by atoms with Crippen LogP contribution in [0.25, 0.3) is 0 Å². The number of carbonyl (C=O) groups excluding carboxylic acids is 2. The van der Waals surface area contributed by atoms with Gasteiger partial charge in [0.25, 0.3) is 0 Å². The van der Waals surface area contributed by atoms with E-state index < -0.39 is 21.9 Å². The average molecular weight is 417 g/mol. The molecule has 1 heterocycles. The third kappa shape index (κ3) is 4.25. The minimum absolute atomic E-state index is 0.130. The molecule has 2 aromatic rings. The van der Waals surface area contributed by atoms with Gasteiger partial charge in [-0.15, -0.1) is 0 Å². The van der Waals surface area contributed by atoms with E-state index in [0.29, 0.717) is 25.2 Å². The van der Waals surface area contributed by atoms with Crippen molar-refractivity contribution in [3.8, 4) is 0 Å². The number of carbonyl (C=O) groups is 2. The number of sulfonamides is 1. The quantitative estimate of drug-likeness (QED) is 0.738. The summed E-state index contributed by atoms with van der Waals surface area (Å²) in [4.78, 5) is 25.0. The topological polar surface area (TPSA) is 110 Å². The summed E-state index contributed by atoms with van der Waals surface area (Å²) >= 11 is 0. The predicted molar refractivity (Wildman–Crippen MR) is 108 cm³/mol. The number of rotatable bonds is 5. The van der Waals surface area contributed by atoms with Crippen LogP contribution in [0.1, 0.15) is 27.6 Å². The van der Waals surface area contributed by atoms with E-state index in [1.165, 1.54) is 35.7 Å². The number of hydrogen-bond donors (Lipinski definition) is 1. The molecule has 1 atom stereocenters. The second kappa shape index (κ2) is 8.22. The molecule has 0 spiro atoms. The molecule has 2 aromatic carbocycles. The molecule has 0 radical (unpaired) electrons. The fourth-order valence-corrected chi connectivity index (χ4v) is 5.00. The number of methoxy groups -OCH3 is 1. The van der Waals surface area contributed by atoms with Crippen LogP contribution in [-0.2, 0) is 14.8 Å². The number of ether oxygens (including phenoxy) is 1. The van der Waals surface area contributed by atoms with Crippen molar-refractivity contribution in [2.24, 2.45) is 5.73 Å². The van der Waals surface area contributed by atoms with Gasteiger partial charge in [-0.05, 0) is 55.5 Å². The fraction of sp³-hybridized carbons (Fsp3) is 0.300. The molecule has 0 aromatic heterocycles. The normalized spacial score (nSPS) is 17.7. The zero-order valence-electron chi connectivity index (χ0n) is 16.2. The molecule has 1 amide bonds. The summed E-state index contributed by atoms with van der Waals surface area (Å²) < 4.78 is 32.2. The Morgan fingerprint density at radius 3 is 2.10 bits per heavy atom. The smallest absolute Gasteiger partial charge is 0.337 e. The van der Waals surface area contributed by atoms with Gasteiger partial charge in [-0.25, -0.2) is 13.2 Å². The highest BCUT2D eigenvalue weighted by Gasteiger charge is 2.33. The van der Waals surface area contributed by atoms with Crippen molar-refractivity contribution in [1.29, 1.82) is 0 Å². The van der Waals surface area contributed by atoms with Crippen LogP contribution < -0.4 is 10.6 Å². The minimum Gasteiger partial charge on any atom is -0.465 e. The van der Waals surface area contributed by atoms with Crippen LogP contribution in [0.2, 0.25) is 0 Å². The highest BCUT2D eigenvalue weighted by Crippen LogP contribution is 2.25. The summed E-state index contributed by atoms with van der Waals surface area (Å²) in [6, 6.07) is 12.4. The fourth-order valence-electron chi connectivity index (χ4n) is 3.39. The highest BCUT2D eigenvalue weighted by atomic mass is 32.2. The van der Waals surface area contributed by atoms with Crippen LogP contribution in [0.4, 0.5) is 5.69 Å². The molecule has 154 valence electrons. The van der Waals surface area contributed by atoms with Crippen molar-refractivity contribution in [3.05, 3.63) is 59.7 Å². The summed E-state index contributed by atoms with van der Waals surface area (Å²) in [5.74, 6) is -1.00. The van der Waals surface area contributed by atoms with Crippen molar-refractivity contribution in [3.63, 3.8) is 0 Å². The number of esters is 1. The van der Waals surface area contributed by atoms with Crippen molar-refractivity contribution in [2.45, 2.75) is 17.9 Å². The van der Waals surface area contributed by atoms with Gasteiger partial charge in [0.05, 0.1) is 17.6 Å². The number of nitrogens with two attached hydrogens (primary N) is 1. The molecule has 1 aliphatic rings. The predicted octanol–water partition coefficient (Wildman–Crippen LogP) is 1.47. The van der Waals surface area contributed by atoms with Crippen LogP contribution in [0.3, 0.4) is 0 Å². The summed E-state index contributed by atoms with van der Waals surface area (Å²) in [6.45, 7) is 3.20. The van der Waals surface area contributed by atoms with E-state index in [0.717, 1.165) is 5.69 Å². The summed E-state index contributed by atoms with van der Waals surface area (Å²) in [5, 5.41) is 0. The van der Waals surface area contributed by atoms with Crippen molar-refractivity contribution < 1.29 is 22.7 Å². The maximum absolute atomic E-state index is 13.0. The maximum atomic E-state index is 13.0. The number of hydrogen-bond acceptors (Lipinski definition) is 6. The van der Waals surface area contributed by atoms with Gasteiger partial charge in [-0.3, -0.25) is 4.79 Å². The lowest BCUT2D eigenvalue weighted by Crippen LogP contribution is -2.54. The van der Waals surface area contributed by atoms with Gasteiger partial charge in [-0.2, -0.15) is 4.31 Å².